The highest BCUT2D eigenvalue weighted by molar-refractivity contribution is 5.99. The van der Waals surface area contributed by atoms with Crippen LogP contribution in [0.3, 0.4) is 0 Å². The maximum atomic E-state index is 12.7. The fourth-order valence-corrected chi connectivity index (χ4v) is 4.37. The Morgan fingerprint density at radius 1 is 1.00 bits per heavy atom. The Bertz CT molecular complexity index is 1250. The van der Waals surface area contributed by atoms with Crippen molar-refractivity contribution in [3.63, 3.8) is 0 Å². The monoisotopic (exact) mass is 415 g/mol. The smallest absolute Gasteiger partial charge is 0.290 e. The lowest BCUT2D eigenvalue weighted by molar-refractivity contribution is 0.279. The number of aromatic nitrogens is 4. The van der Waals surface area contributed by atoms with E-state index < -0.39 is 0 Å². The molecule has 0 radical (unpaired) electrons. The number of para-hydroxylation sites is 1. The van der Waals surface area contributed by atoms with Crippen molar-refractivity contribution in [3.8, 4) is 22.8 Å². The molecule has 158 valence electrons. The minimum absolute atomic E-state index is 0.191. The third-order valence-electron chi connectivity index (χ3n) is 6.10. The molecule has 7 heteroatoms. The van der Waals surface area contributed by atoms with Crippen molar-refractivity contribution in [1.29, 1.82) is 0 Å². The van der Waals surface area contributed by atoms with E-state index in [0.29, 0.717) is 22.5 Å². The van der Waals surface area contributed by atoms with Gasteiger partial charge < -0.3 is 10.5 Å². The Kier molecular flexibility index (Phi) is 4.94. The topological polar surface area (TPSA) is 98.8 Å². The minimum Gasteiger partial charge on any atom is -0.457 e. The first-order valence-electron chi connectivity index (χ1n) is 10.7. The van der Waals surface area contributed by atoms with Gasteiger partial charge in [-0.2, -0.15) is 10.2 Å². The van der Waals surface area contributed by atoms with Gasteiger partial charge in [0.2, 0.25) is 0 Å². The number of nitrogen functional groups attached to an aromatic ring is 1. The number of aromatic amines is 1. The van der Waals surface area contributed by atoms with E-state index >= 15 is 0 Å². The molecule has 2 aromatic heterocycles. The molecule has 1 aliphatic carbocycles. The zero-order chi connectivity index (χ0) is 21.4. The van der Waals surface area contributed by atoms with E-state index in [4.69, 9.17) is 15.6 Å². The Morgan fingerprint density at radius 2 is 1.68 bits per heavy atom. The second kappa shape index (κ2) is 7.91. The van der Waals surface area contributed by atoms with Gasteiger partial charge >= 0.3 is 0 Å². The first kappa shape index (κ1) is 19.4. The lowest BCUT2D eigenvalue weighted by atomic mass is 9.87. The van der Waals surface area contributed by atoms with E-state index in [1.54, 1.807) is 0 Å². The molecular formula is C24H25N5O2. The average molecular weight is 415 g/mol. The van der Waals surface area contributed by atoms with E-state index in [0.717, 1.165) is 42.7 Å². The molecule has 0 atom stereocenters. The number of H-pyrrole nitrogens is 1. The van der Waals surface area contributed by atoms with Crippen molar-refractivity contribution in [2.75, 3.05) is 5.73 Å². The molecule has 3 N–H and O–H groups in total. The van der Waals surface area contributed by atoms with Gasteiger partial charge in [0.15, 0.2) is 5.82 Å². The molecule has 4 aromatic rings. The third-order valence-corrected chi connectivity index (χ3v) is 6.10. The van der Waals surface area contributed by atoms with Gasteiger partial charge in [0, 0.05) is 5.56 Å². The number of hydrogen-bond donors (Lipinski definition) is 2. The molecule has 1 saturated carbocycles. The summed E-state index contributed by atoms with van der Waals surface area (Å²) in [5.74, 6) is 2.49. The van der Waals surface area contributed by atoms with Crippen LogP contribution in [-0.4, -0.2) is 20.0 Å². The van der Waals surface area contributed by atoms with E-state index in [1.807, 2.05) is 59.3 Å². The number of nitrogens with zero attached hydrogens (tertiary/aromatic N) is 3. The lowest BCUT2D eigenvalue weighted by Gasteiger charge is -2.26. The van der Waals surface area contributed by atoms with Crippen LogP contribution in [0.25, 0.3) is 22.2 Å². The Balaban J connectivity index is 1.55. The van der Waals surface area contributed by atoms with Gasteiger partial charge in [0.25, 0.3) is 5.56 Å². The number of rotatable bonds is 4. The third kappa shape index (κ3) is 3.67. The molecule has 2 heterocycles. The summed E-state index contributed by atoms with van der Waals surface area (Å²) in [5, 5.41) is 12.0. The molecule has 0 amide bonds. The summed E-state index contributed by atoms with van der Waals surface area (Å²) in [6, 6.07) is 17.5. The number of anilines is 1. The molecule has 1 aliphatic rings. The standard InChI is InChI=1S/C24H25N5O2/c1-15-7-11-17(12-8-15)29-22-20(23(25)26-27-24(22)30)21(28-29)16-9-13-19(14-10-16)31-18-5-3-2-4-6-18/h2-6,9-10,13-15,17H,7-8,11-12H2,1H3,(H2,25,26)(H,27,30)/t15-,17+. The van der Waals surface area contributed by atoms with E-state index in [9.17, 15) is 4.79 Å². The largest absolute Gasteiger partial charge is 0.457 e. The summed E-state index contributed by atoms with van der Waals surface area (Å²) in [7, 11) is 0. The highest BCUT2D eigenvalue weighted by Gasteiger charge is 2.26. The summed E-state index contributed by atoms with van der Waals surface area (Å²) in [6.07, 6.45) is 4.27. The molecule has 0 saturated heterocycles. The van der Waals surface area contributed by atoms with Crippen LogP contribution in [0.5, 0.6) is 11.5 Å². The molecule has 1 fully saturated rings. The first-order valence-corrected chi connectivity index (χ1v) is 10.7. The van der Waals surface area contributed by atoms with Gasteiger partial charge in [-0.15, -0.1) is 0 Å². The number of nitrogens with one attached hydrogen (secondary N) is 1. The van der Waals surface area contributed by atoms with Gasteiger partial charge in [0.1, 0.15) is 22.7 Å². The number of ether oxygens (including phenoxy) is 1. The number of fused-ring (bicyclic) bond motifs is 1. The van der Waals surface area contributed by atoms with Crippen LogP contribution in [0.15, 0.2) is 59.4 Å². The summed E-state index contributed by atoms with van der Waals surface area (Å²) in [6.45, 7) is 2.27. The maximum Gasteiger partial charge on any atom is 0.290 e. The van der Waals surface area contributed by atoms with Crippen molar-refractivity contribution in [1.82, 2.24) is 20.0 Å². The van der Waals surface area contributed by atoms with Crippen molar-refractivity contribution >= 4 is 16.7 Å². The van der Waals surface area contributed by atoms with E-state index in [2.05, 4.69) is 17.1 Å². The van der Waals surface area contributed by atoms with Crippen LogP contribution in [-0.2, 0) is 0 Å². The van der Waals surface area contributed by atoms with Crippen LogP contribution in [0.2, 0.25) is 0 Å². The van der Waals surface area contributed by atoms with E-state index in [1.165, 1.54) is 0 Å². The number of benzene rings is 2. The molecule has 2 aromatic carbocycles. The van der Waals surface area contributed by atoms with Gasteiger partial charge in [0.05, 0.1) is 11.4 Å². The normalized spacial score (nSPS) is 18.9. The summed E-state index contributed by atoms with van der Waals surface area (Å²) >= 11 is 0. The predicted molar refractivity (Wildman–Crippen MR) is 121 cm³/mol. The molecule has 0 aliphatic heterocycles. The van der Waals surface area contributed by atoms with Gasteiger partial charge in [-0.25, -0.2) is 5.10 Å². The zero-order valence-electron chi connectivity index (χ0n) is 17.4. The molecule has 0 unspecified atom stereocenters. The van der Waals surface area contributed by atoms with Crippen molar-refractivity contribution in [3.05, 3.63) is 65.0 Å². The molecule has 0 bridgehead atoms. The number of hydrogen-bond acceptors (Lipinski definition) is 5. The first-order chi connectivity index (χ1) is 15.1. The SMILES string of the molecule is C[C@H]1CC[C@@H](n2nc(-c3ccc(Oc4ccccc4)cc3)c3c(N)n[nH]c(=O)c32)CC1. The summed E-state index contributed by atoms with van der Waals surface area (Å²) in [4.78, 5) is 12.7. The Hall–Kier alpha value is -3.61. The van der Waals surface area contributed by atoms with Crippen LogP contribution in [0.1, 0.15) is 38.6 Å². The molecule has 5 rings (SSSR count). The highest BCUT2D eigenvalue weighted by atomic mass is 16.5. The average Bonchev–Trinajstić information content (AvgIpc) is 3.20. The summed E-state index contributed by atoms with van der Waals surface area (Å²) in [5.41, 5.74) is 7.99. The number of nitrogens with two attached hydrogens (primary N) is 1. The Morgan fingerprint density at radius 3 is 2.39 bits per heavy atom. The Labute approximate surface area is 179 Å². The van der Waals surface area contributed by atoms with Gasteiger partial charge in [-0.05, 0) is 68.0 Å². The summed E-state index contributed by atoms with van der Waals surface area (Å²) < 4.78 is 7.77. The van der Waals surface area contributed by atoms with Crippen LogP contribution >= 0.6 is 0 Å². The van der Waals surface area contributed by atoms with Crippen LogP contribution in [0.4, 0.5) is 5.82 Å². The van der Waals surface area contributed by atoms with Gasteiger partial charge in [-0.3, -0.25) is 9.48 Å². The lowest BCUT2D eigenvalue weighted by Crippen LogP contribution is -2.21. The quantitative estimate of drug-likeness (QED) is 0.493. The van der Waals surface area contributed by atoms with Crippen LogP contribution < -0.4 is 16.0 Å². The second-order valence-corrected chi connectivity index (χ2v) is 8.31. The molecule has 0 spiro atoms. The van der Waals surface area contributed by atoms with Crippen molar-refractivity contribution < 1.29 is 4.74 Å². The van der Waals surface area contributed by atoms with Crippen LogP contribution in [0, 0.1) is 5.92 Å². The highest BCUT2D eigenvalue weighted by Crippen LogP contribution is 2.37. The van der Waals surface area contributed by atoms with Gasteiger partial charge in [-0.1, -0.05) is 25.1 Å². The van der Waals surface area contributed by atoms with Crippen molar-refractivity contribution in [2.24, 2.45) is 5.92 Å². The predicted octanol–water partition coefficient (Wildman–Crippen LogP) is 4.91. The van der Waals surface area contributed by atoms with E-state index in [-0.39, 0.29) is 17.4 Å². The fourth-order valence-electron chi connectivity index (χ4n) is 4.37. The minimum atomic E-state index is -0.259. The zero-order valence-corrected chi connectivity index (χ0v) is 17.4. The molecule has 7 nitrogen and oxygen atoms in total. The molecule has 31 heavy (non-hydrogen) atoms. The molecular weight excluding hydrogens is 390 g/mol. The maximum absolute atomic E-state index is 12.7. The fraction of sp³-hybridized carbons (Fsp3) is 0.292. The van der Waals surface area contributed by atoms with Crippen molar-refractivity contribution in [2.45, 2.75) is 38.6 Å². The second-order valence-electron chi connectivity index (χ2n) is 8.31.